The van der Waals surface area contributed by atoms with Crippen LogP contribution < -0.4 is 0 Å². The van der Waals surface area contributed by atoms with Gasteiger partial charge in [0.25, 0.3) is 5.91 Å². The molecule has 0 radical (unpaired) electrons. The number of aryl methyl sites for hydroxylation is 1. The fourth-order valence-electron chi connectivity index (χ4n) is 4.46. The van der Waals surface area contributed by atoms with Gasteiger partial charge in [0.15, 0.2) is 0 Å². The molecule has 1 saturated carbocycles. The first-order chi connectivity index (χ1) is 13.1. The fourth-order valence-corrected chi connectivity index (χ4v) is 4.46. The van der Waals surface area contributed by atoms with Gasteiger partial charge in [-0.25, -0.2) is 9.97 Å². The van der Waals surface area contributed by atoms with E-state index in [1.807, 2.05) is 16.7 Å². The lowest BCUT2D eigenvalue weighted by Crippen LogP contribution is -2.44. The summed E-state index contributed by atoms with van der Waals surface area (Å²) in [5.41, 5.74) is 1.39. The predicted molar refractivity (Wildman–Crippen MR) is 102 cm³/mol. The van der Waals surface area contributed by atoms with Crippen molar-refractivity contribution in [3.63, 3.8) is 0 Å². The molecule has 27 heavy (non-hydrogen) atoms. The molecule has 0 bridgehead atoms. The minimum absolute atomic E-state index is 0.0594. The van der Waals surface area contributed by atoms with E-state index < -0.39 is 0 Å². The van der Waals surface area contributed by atoms with E-state index in [0.717, 1.165) is 69.7 Å². The lowest BCUT2D eigenvalue weighted by atomic mass is 9.83. The number of likely N-dealkylation sites (tertiary alicyclic amines) is 2. The zero-order chi connectivity index (χ0) is 18.8. The summed E-state index contributed by atoms with van der Waals surface area (Å²) in [5, 5.41) is 0. The summed E-state index contributed by atoms with van der Waals surface area (Å²) in [6, 6.07) is 0. The van der Waals surface area contributed by atoms with Crippen LogP contribution in [0, 0.1) is 12.8 Å². The summed E-state index contributed by atoms with van der Waals surface area (Å²) in [7, 11) is 0. The Labute approximate surface area is 161 Å². The normalized spacial score (nSPS) is 23.8. The van der Waals surface area contributed by atoms with Gasteiger partial charge in [-0.15, -0.1) is 0 Å². The summed E-state index contributed by atoms with van der Waals surface area (Å²) < 4.78 is 0. The average Bonchev–Trinajstić information content (AvgIpc) is 2.67. The molecule has 0 N–H and O–H groups in total. The van der Waals surface area contributed by atoms with Crippen molar-refractivity contribution in [1.29, 1.82) is 0 Å². The number of rotatable bonds is 3. The second-order valence-corrected chi connectivity index (χ2v) is 8.33. The van der Waals surface area contributed by atoms with Crippen LogP contribution in [0.25, 0.3) is 0 Å². The number of hydrogen-bond donors (Lipinski definition) is 0. The van der Waals surface area contributed by atoms with E-state index in [9.17, 15) is 9.59 Å². The summed E-state index contributed by atoms with van der Waals surface area (Å²) in [6.07, 6.45) is 10.4. The van der Waals surface area contributed by atoms with Gasteiger partial charge in [-0.1, -0.05) is 6.42 Å². The van der Waals surface area contributed by atoms with Crippen molar-refractivity contribution < 1.29 is 9.59 Å². The molecule has 1 aromatic rings. The lowest BCUT2D eigenvalue weighted by Gasteiger charge is -2.36. The molecule has 3 aliphatic rings. The quantitative estimate of drug-likeness (QED) is 0.820. The SMILES string of the molecule is Cc1nc([C@H]2CCCN(C(=O)C3CCC3)C2)ncc1C(=O)N1CCCCC1. The van der Waals surface area contributed by atoms with Gasteiger partial charge < -0.3 is 9.80 Å². The Bertz CT molecular complexity index is 710. The molecule has 2 aliphatic heterocycles. The third kappa shape index (κ3) is 3.85. The Kier molecular flexibility index (Phi) is 5.41. The maximum Gasteiger partial charge on any atom is 0.257 e. The Morgan fingerprint density at radius 3 is 2.37 bits per heavy atom. The van der Waals surface area contributed by atoms with E-state index in [0.29, 0.717) is 18.0 Å². The third-order valence-electron chi connectivity index (χ3n) is 6.42. The highest BCUT2D eigenvalue weighted by Crippen LogP contribution is 2.32. The summed E-state index contributed by atoms with van der Waals surface area (Å²) in [4.78, 5) is 38.5. The van der Waals surface area contributed by atoms with Crippen molar-refractivity contribution in [2.45, 2.75) is 64.2 Å². The molecule has 0 spiro atoms. The molecule has 1 aliphatic carbocycles. The van der Waals surface area contributed by atoms with E-state index in [4.69, 9.17) is 0 Å². The molecule has 0 unspecified atom stereocenters. The molecule has 0 aromatic carbocycles. The van der Waals surface area contributed by atoms with Gasteiger partial charge in [0.1, 0.15) is 5.82 Å². The second kappa shape index (κ2) is 7.95. The minimum Gasteiger partial charge on any atom is -0.342 e. The zero-order valence-electron chi connectivity index (χ0n) is 16.3. The maximum absolute atomic E-state index is 12.8. The summed E-state index contributed by atoms with van der Waals surface area (Å²) in [6.45, 7) is 5.15. The molecule has 3 fully saturated rings. The minimum atomic E-state index is 0.0594. The van der Waals surface area contributed by atoms with Crippen LogP contribution >= 0.6 is 0 Å². The molecule has 4 rings (SSSR count). The second-order valence-electron chi connectivity index (χ2n) is 8.33. The smallest absolute Gasteiger partial charge is 0.257 e. The number of carbonyl (C=O) groups excluding carboxylic acids is 2. The van der Waals surface area contributed by atoms with Crippen LogP contribution in [0.5, 0.6) is 0 Å². The van der Waals surface area contributed by atoms with Crippen LogP contribution in [0.2, 0.25) is 0 Å². The number of hydrogen-bond acceptors (Lipinski definition) is 4. The van der Waals surface area contributed by atoms with Gasteiger partial charge in [0.05, 0.1) is 11.3 Å². The largest absolute Gasteiger partial charge is 0.342 e. The molecule has 6 nitrogen and oxygen atoms in total. The Morgan fingerprint density at radius 2 is 1.70 bits per heavy atom. The zero-order valence-corrected chi connectivity index (χ0v) is 16.3. The molecule has 3 heterocycles. The molecule has 2 amide bonds. The van der Waals surface area contributed by atoms with Crippen molar-refractivity contribution in [2.75, 3.05) is 26.2 Å². The fraction of sp³-hybridized carbons (Fsp3) is 0.714. The number of carbonyl (C=O) groups is 2. The molecule has 6 heteroatoms. The monoisotopic (exact) mass is 370 g/mol. The van der Waals surface area contributed by atoms with Crippen LogP contribution in [-0.2, 0) is 4.79 Å². The van der Waals surface area contributed by atoms with Crippen molar-refractivity contribution in [3.05, 3.63) is 23.3 Å². The van der Waals surface area contributed by atoms with Gasteiger partial charge >= 0.3 is 0 Å². The van der Waals surface area contributed by atoms with Crippen LogP contribution in [0.1, 0.15) is 79.2 Å². The van der Waals surface area contributed by atoms with Crippen molar-refractivity contribution >= 4 is 11.8 Å². The Hall–Kier alpha value is -1.98. The highest BCUT2D eigenvalue weighted by molar-refractivity contribution is 5.95. The molecule has 1 atom stereocenters. The third-order valence-corrected chi connectivity index (χ3v) is 6.42. The molecular formula is C21H30N4O2. The number of aromatic nitrogens is 2. The van der Waals surface area contributed by atoms with Crippen molar-refractivity contribution in [1.82, 2.24) is 19.8 Å². The van der Waals surface area contributed by atoms with Crippen LogP contribution in [0.15, 0.2) is 6.20 Å². The summed E-state index contributed by atoms with van der Waals surface area (Å²) >= 11 is 0. The lowest BCUT2D eigenvalue weighted by molar-refractivity contribution is -0.139. The molecular weight excluding hydrogens is 340 g/mol. The standard InChI is InChI=1S/C21H30N4O2/c1-15-18(21(27)24-10-3-2-4-11-24)13-22-19(23-15)17-9-6-12-25(14-17)20(26)16-7-5-8-16/h13,16-17H,2-12,14H2,1H3/t17-/m0/s1. The first-order valence-corrected chi connectivity index (χ1v) is 10.5. The maximum atomic E-state index is 12.8. The van der Waals surface area contributed by atoms with Crippen LogP contribution in [-0.4, -0.2) is 57.8 Å². The highest BCUT2D eigenvalue weighted by Gasteiger charge is 2.33. The average molecular weight is 370 g/mol. The Morgan fingerprint density at radius 1 is 0.963 bits per heavy atom. The van der Waals surface area contributed by atoms with E-state index in [1.54, 1.807) is 6.20 Å². The number of amides is 2. The van der Waals surface area contributed by atoms with Gasteiger partial charge in [0.2, 0.25) is 5.91 Å². The molecule has 2 saturated heterocycles. The van der Waals surface area contributed by atoms with Gasteiger partial charge in [0, 0.05) is 44.2 Å². The predicted octanol–water partition coefficient (Wildman–Crippen LogP) is 2.92. The number of nitrogens with zero attached hydrogens (tertiary/aromatic N) is 4. The Balaban J connectivity index is 1.45. The van der Waals surface area contributed by atoms with E-state index >= 15 is 0 Å². The topological polar surface area (TPSA) is 66.4 Å². The molecule has 1 aromatic heterocycles. The first kappa shape index (κ1) is 18.4. The van der Waals surface area contributed by atoms with E-state index in [2.05, 4.69) is 9.97 Å². The summed E-state index contributed by atoms with van der Waals surface area (Å²) in [5.74, 6) is 1.59. The molecule has 146 valence electrons. The van der Waals surface area contributed by atoms with Gasteiger partial charge in [-0.2, -0.15) is 0 Å². The van der Waals surface area contributed by atoms with Gasteiger partial charge in [-0.05, 0) is 51.9 Å². The van der Waals surface area contributed by atoms with Crippen molar-refractivity contribution in [2.24, 2.45) is 5.92 Å². The van der Waals surface area contributed by atoms with E-state index in [-0.39, 0.29) is 17.7 Å². The highest BCUT2D eigenvalue weighted by atomic mass is 16.2. The number of piperidine rings is 2. The van der Waals surface area contributed by atoms with E-state index in [1.165, 1.54) is 12.8 Å². The first-order valence-electron chi connectivity index (χ1n) is 10.5. The van der Waals surface area contributed by atoms with Crippen molar-refractivity contribution in [3.8, 4) is 0 Å². The van der Waals surface area contributed by atoms with Crippen LogP contribution in [0.3, 0.4) is 0 Å². The van der Waals surface area contributed by atoms with Gasteiger partial charge in [-0.3, -0.25) is 9.59 Å². The van der Waals surface area contributed by atoms with Crippen LogP contribution in [0.4, 0.5) is 0 Å².